The summed E-state index contributed by atoms with van der Waals surface area (Å²) in [6.45, 7) is 1.95. The molecule has 0 fully saturated rings. The molecule has 0 aromatic carbocycles. The maximum absolute atomic E-state index is 5.51. The van der Waals surface area contributed by atoms with Crippen LogP contribution in [0.5, 0.6) is 0 Å². The quantitative estimate of drug-likeness (QED) is 0.592. The van der Waals surface area contributed by atoms with Gasteiger partial charge in [-0.05, 0) is 30.1 Å². The summed E-state index contributed by atoms with van der Waals surface area (Å²) in [5.74, 6) is 5.51. The highest BCUT2D eigenvalue weighted by Crippen LogP contribution is 2.22. The number of nitrogens with two attached hydrogens (primary N) is 1. The Hall–Kier alpha value is -1.37. The molecule has 1 unspecified atom stereocenters. The molecule has 0 spiro atoms. The Morgan fingerprint density at radius 1 is 1.40 bits per heavy atom. The van der Waals surface area contributed by atoms with E-state index >= 15 is 0 Å². The number of hydrogen-bond donors (Lipinski definition) is 2. The van der Waals surface area contributed by atoms with E-state index in [0.717, 1.165) is 16.1 Å². The smallest absolute Gasteiger partial charge is 0.0849 e. The Balaban J connectivity index is 2.31. The minimum absolute atomic E-state index is 0.0851. The molecular weight excluding hydrogens is 210 g/mol. The fourth-order valence-corrected chi connectivity index (χ4v) is 1.89. The number of hydrazine groups is 1. The van der Waals surface area contributed by atoms with Crippen LogP contribution in [-0.2, 0) is 0 Å². The van der Waals surface area contributed by atoms with E-state index < -0.39 is 0 Å². The summed E-state index contributed by atoms with van der Waals surface area (Å²) in [5, 5.41) is 3.79. The average molecular weight is 221 g/mol. The predicted octanol–water partition coefficient (Wildman–Crippen LogP) is 0.794. The summed E-state index contributed by atoms with van der Waals surface area (Å²) in [6, 6.07) is 3.86. The number of rotatable bonds is 3. The van der Waals surface area contributed by atoms with Crippen LogP contribution in [0.4, 0.5) is 0 Å². The first-order valence-corrected chi connectivity index (χ1v) is 5.24. The molecule has 5 nitrogen and oxygen atoms in total. The monoisotopic (exact) mass is 221 g/mol. The molecule has 0 aliphatic heterocycles. The first-order valence-electron chi connectivity index (χ1n) is 4.47. The van der Waals surface area contributed by atoms with E-state index in [2.05, 4.69) is 20.0 Å². The summed E-state index contributed by atoms with van der Waals surface area (Å²) in [6.07, 6.45) is 3.51. The van der Waals surface area contributed by atoms with Gasteiger partial charge in [0.25, 0.3) is 0 Å². The van der Waals surface area contributed by atoms with Crippen LogP contribution in [-0.4, -0.2) is 14.6 Å². The fourth-order valence-electron chi connectivity index (χ4n) is 1.29. The largest absolute Gasteiger partial charge is 0.271 e. The Kier molecular flexibility index (Phi) is 3.00. The minimum Gasteiger partial charge on any atom is -0.271 e. The molecule has 78 valence electrons. The third kappa shape index (κ3) is 2.17. The van der Waals surface area contributed by atoms with E-state index in [1.54, 1.807) is 12.4 Å². The maximum atomic E-state index is 5.51. The van der Waals surface area contributed by atoms with Crippen molar-refractivity contribution in [2.45, 2.75) is 13.0 Å². The van der Waals surface area contributed by atoms with Gasteiger partial charge in [0.05, 0.1) is 17.1 Å². The van der Waals surface area contributed by atoms with Crippen molar-refractivity contribution >= 4 is 11.5 Å². The van der Waals surface area contributed by atoms with E-state index in [0.29, 0.717) is 0 Å². The Bertz CT molecular complexity index is 411. The SMILES string of the molecule is Cc1ccc(C(NN)c2cnns2)cn1. The van der Waals surface area contributed by atoms with Gasteiger partial charge < -0.3 is 0 Å². The summed E-state index contributed by atoms with van der Waals surface area (Å²) < 4.78 is 3.81. The molecule has 2 rings (SSSR count). The zero-order valence-electron chi connectivity index (χ0n) is 8.21. The van der Waals surface area contributed by atoms with E-state index in [4.69, 9.17) is 5.84 Å². The first-order chi connectivity index (χ1) is 7.31. The summed E-state index contributed by atoms with van der Waals surface area (Å²) >= 11 is 1.32. The third-order valence-corrected chi connectivity index (χ3v) is 2.82. The van der Waals surface area contributed by atoms with Crippen LogP contribution in [0.25, 0.3) is 0 Å². The lowest BCUT2D eigenvalue weighted by Crippen LogP contribution is -2.28. The third-order valence-electron chi connectivity index (χ3n) is 2.10. The summed E-state index contributed by atoms with van der Waals surface area (Å²) in [7, 11) is 0. The van der Waals surface area contributed by atoms with Gasteiger partial charge in [-0.25, -0.2) is 5.43 Å². The molecular formula is C9H11N5S. The number of nitrogens with one attached hydrogen (secondary N) is 1. The van der Waals surface area contributed by atoms with Gasteiger partial charge in [-0.15, -0.1) is 5.10 Å². The van der Waals surface area contributed by atoms with Gasteiger partial charge in [0, 0.05) is 11.9 Å². The van der Waals surface area contributed by atoms with Crippen LogP contribution >= 0.6 is 11.5 Å². The van der Waals surface area contributed by atoms with E-state index in [9.17, 15) is 0 Å². The Labute approximate surface area is 91.5 Å². The van der Waals surface area contributed by atoms with Gasteiger partial charge in [-0.1, -0.05) is 10.6 Å². The Morgan fingerprint density at radius 3 is 2.80 bits per heavy atom. The van der Waals surface area contributed by atoms with Crippen molar-refractivity contribution in [3.05, 3.63) is 40.7 Å². The van der Waals surface area contributed by atoms with Crippen molar-refractivity contribution < 1.29 is 0 Å². The van der Waals surface area contributed by atoms with Crippen molar-refractivity contribution in [3.8, 4) is 0 Å². The zero-order chi connectivity index (χ0) is 10.7. The lowest BCUT2D eigenvalue weighted by molar-refractivity contribution is 0.642. The van der Waals surface area contributed by atoms with E-state index in [-0.39, 0.29) is 6.04 Å². The molecule has 15 heavy (non-hydrogen) atoms. The number of aryl methyl sites for hydroxylation is 1. The van der Waals surface area contributed by atoms with E-state index in [1.807, 2.05) is 19.1 Å². The van der Waals surface area contributed by atoms with Gasteiger partial charge in [0.2, 0.25) is 0 Å². The molecule has 2 aromatic heterocycles. The van der Waals surface area contributed by atoms with Crippen LogP contribution < -0.4 is 11.3 Å². The number of pyridine rings is 1. The molecule has 3 N–H and O–H groups in total. The molecule has 0 saturated heterocycles. The topological polar surface area (TPSA) is 76.7 Å². The van der Waals surface area contributed by atoms with Gasteiger partial charge in [-0.2, -0.15) is 0 Å². The van der Waals surface area contributed by atoms with E-state index in [1.165, 1.54) is 11.5 Å². The molecule has 0 aliphatic carbocycles. The van der Waals surface area contributed by atoms with Crippen molar-refractivity contribution in [2.24, 2.45) is 5.84 Å². The molecule has 0 aliphatic rings. The average Bonchev–Trinajstić information content (AvgIpc) is 2.75. The molecule has 0 bridgehead atoms. The van der Waals surface area contributed by atoms with Gasteiger partial charge in [-0.3, -0.25) is 10.8 Å². The molecule has 0 saturated carbocycles. The maximum Gasteiger partial charge on any atom is 0.0849 e. The normalized spacial score (nSPS) is 12.7. The molecule has 0 amide bonds. The number of hydrogen-bond acceptors (Lipinski definition) is 6. The highest BCUT2D eigenvalue weighted by Gasteiger charge is 2.14. The minimum atomic E-state index is -0.0851. The van der Waals surface area contributed by atoms with Gasteiger partial charge in [0.15, 0.2) is 0 Å². The van der Waals surface area contributed by atoms with Crippen LogP contribution in [0.3, 0.4) is 0 Å². The van der Waals surface area contributed by atoms with Crippen molar-refractivity contribution in [1.82, 2.24) is 20.0 Å². The van der Waals surface area contributed by atoms with Crippen molar-refractivity contribution in [1.29, 1.82) is 0 Å². The van der Waals surface area contributed by atoms with Crippen LogP contribution in [0.2, 0.25) is 0 Å². The molecule has 2 heterocycles. The summed E-state index contributed by atoms with van der Waals surface area (Å²) in [5.41, 5.74) is 4.72. The molecule has 6 heteroatoms. The lowest BCUT2D eigenvalue weighted by Gasteiger charge is -2.12. The second-order valence-electron chi connectivity index (χ2n) is 3.15. The number of nitrogens with zero attached hydrogens (tertiary/aromatic N) is 3. The zero-order valence-corrected chi connectivity index (χ0v) is 9.03. The van der Waals surface area contributed by atoms with Gasteiger partial charge >= 0.3 is 0 Å². The second-order valence-corrected chi connectivity index (χ2v) is 3.97. The molecule has 0 radical (unpaired) electrons. The highest BCUT2D eigenvalue weighted by molar-refractivity contribution is 7.05. The Morgan fingerprint density at radius 2 is 2.27 bits per heavy atom. The molecule has 2 aromatic rings. The molecule has 1 atom stereocenters. The van der Waals surface area contributed by atoms with Crippen LogP contribution in [0.15, 0.2) is 24.5 Å². The lowest BCUT2D eigenvalue weighted by atomic mass is 10.1. The highest BCUT2D eigenvalue weighted by atomic mass is 32.1. The van der Waals surface area contributed by atoms with Crippen molar-refractivity contribution in [2.75, 3.05) is 0 Å². The first kappa shape index (κ1) is 10.2. The predicted molar refractivity (Wildman–Crippen MR) is 58.0 cm³/mol. The van der Waals surface area contributed by atoms with Gasteiger partial charge in [0.1, 0.15) is 0 Å². The van der Waals surface area contributed by atoms with Crippen molar-refractivity contribution in [3.63, 3.8) is 0 Å². The summed E-state index contributed by atoms with van der Waals surface area (Å²) in [4.78, 5) is 5.20. The van der Waals surface area contributed by atoms with Crippen LogP contribution in [0.1, 0.15) is 22.2 Å². The van der Waals surface area contributed by atoms with Crippen LogP contribution in [0, 0.1) is 6.92 Å². The number of aromatic nitrogens is 3. The fraction of sp³-hybridized carbons (Fsp3) is 0.222. The standard InChI is InChI=1S/C9H11N5S/c1-6-2-3-7(4-11-6)9(13-10)8-5-12-14-15-8/h2-5,9,13H,10H2,1H3. The second kappa shape index (κ2) is 4.43.